The zero-order valence-electron chi connectivity index (χ0n) is 11.4. The van der Waals surface area contributed by atoms with Gasteiger partial charge in [-0.25, -0.2) is 19.1 Å². The van der Waals surface area contributed by atoms with Crippen LogP contribution in [0.25, 0.3) is 0 Å². The van der Waals surface area contributed by atoms with Crippen LogP contribution in [0.15, 0.2) is 30.3 Å². The van der Waals surface area contributed by atoms with Crippen LogP contribution in [-0.4, -0.2) is 45.5 Å². The number of carbonyl (C=O) groups is 1. The van der Waals surface area contributed by atoms with Crippen molar-refractivity contribution in [2.24, 2.45) is 5.84 Å². The van der Waals surface area contributed by atoms with Crippen molar-refractivity contribution in [2.45, 2.75) is 12.2 Å². The van der Waals surface area contributed by atoms with Crippen molar-refractivity contribution in [3.63, 3.8) is 0 Å². The molecule has 1 aliphatic rings. The summed E-state index contributed by atoms with van der Waals surface area (Å²) in [7, 11) is -7.89. The first-order valence-corrected chi connectivity index (χ1v) is 9.44. The van der Waals surface area contributed by atoms with Crippen LogP contribution in [-0.2, 0) is 29.1 Å². The fourth-order valence-electron chi connectivity index (χ4n) is 1.87. The van der Waals surface area contributed by atoms with Gasteiger partial charge in [-0.2, -0.15) is 8.42 Å². The van der Waals surface area contributed by atoms with Gasteiger partial charge in [0.25, 0.3) is 20.1 Å². The number of ether oxygens (including phenoxy) is 1. The van der Waals surface area contributed by atoms with Gasteiger partial charge in [-0.3, -0.25) is 4.18 Å². The van der Waals surface area contributed by atoms with Gasteiger partial charge in [0, 0.05) is 0 Å². The van der Waals surface area contributed by atoms with E-state index < -0.39 is 44.2 Å². The van der Waals surface area contributed by atoms with Crippen LogP contribution < -0.4 is 5.84 Å². The SMILES string of the molecule is CS(=O)(=O)N(N)C(=O)OC1CS(=O)(=O)OC1c1ccccc1. The summed E-state index contributed by atoms with van der Waals surface area (Å²) in [6, 6.07) is 8.24. The van der Waals surface area contributed by atoms with E-state index in [-0.39, 0.29) is 4.41 Å². The van der Waals surface area contributed by atoms with E-state index in [1.807, 2.05) is 0 Å². The summed E-state index contributed by atoms with van der Waals surface area (Å²) in [4.78, 5) is 11.7. The molecule has 2 N–H and O–H groups in total. The number of rotatable bonds is 3. The van der Waals surface area contributed by atoms with E-state index >= 15 is 0 Å². The number of carbonyl (C=O) groups excluding carboxylic acids is 1. The molecule has 2 rings (SSSR count). The maximum absolute atomic E-state index is 11.7. The van der Waals surface area contributed by atoms with E-state index in [0.717, 1.165) is 0 Å². The van der Waals surface area contributed by atoms with Crippen LogP contribution in [0, 0.1) is 0 Å². The van der Waals surface area contributed by atoms with E-state index in [4.69, 9.17) is 14.8 Å². The number of hydrazine groups is 1. The van der Waals surface area contributed by atoms with E-state index in [2.05, 4.69) is 0 Å². The molecule has 1 amide bonds. The van der Waals surface area contributed by atoms with Crippen molar-refractivity contribution in [3.05, 3.63) is 35.9 Å². The molecule has 9 nitrogen and oxygen atoms in total. The second-order valence-electron chi connectivity index (χ2n) is 4.63. The Bertz CT molecular complexity index is 761. The molecule has 0 bridgehead atoms. The fourth-order valence-corrected chi connectivity index (χ4v) is 3.46. The fraction of sp³-hybridized carbons (Fsp3) is 0.364. The van der Waals surface area contributed by atoms with Gasteiger partial charge in [0.15, 0.2) is 6.10 Å². The molecule has 1 aromatic rings. The van der Waals surface area contributed by atoms with Crippen LogP contribution in [0.4, 0.5) is 4.79 Å². The van der Waals surface area contributed by atoms with Gasteiger partial charge >= 0.3 is 6.09 Å². The minimum absolute atomic E-state index is 0.0972. The molecule has 1 aliphatic heterocycles. The molecule has 0 aliphatic carbocycles. The molecule has 0 aromatic heterocycles. The number of hydrogen-bond acceptors (Lipinski definition) is 8. The summed E-state index contributed by atoms with van der Waals surface area (Å²) in [5, 5.41) is 0. The molecule has 22 heavy (non-hydrogen) atoms. The third-order valence-electron chi connectivity index (χ3n) is 2.87. The Balaban J connectivity index is 2.23. The second-order valence-corrected chi connectivity index (χ2v) is 8.13. The molecule has 2 atom stereocenters. The molecule has 1 heterocycles. The number of hydrogen-bond donors (Lipinski definition) is 1. The summed E-state index contributed by atoms with van der Waals surface area (Å²) in [6.07, 6.45) is -2.92. The Kier molecular flexibility index (Phi) is 4.42. The average Bonchev–Trinajstić information content (AvgIpc) is 2.72. The second kappa shape index (κ2) is 5.83. The Morgan fingerprint density at radius 2 is 1.95 bits per heavy atom. The van der Waals surface area contributed by atoms with Crippen molar-refractivity contribution in [1.29, 1.82) is 0 Å². The van der Waals surface area contributed by atoms with Crippen molar-refractivity contribution >= 4 is 26.2 Å². The van der Waals surface area contributed by atoms with Gasteiger partial charge in [0.2, 0.25) is 0 Å². The summed E-state index contributed by atoms with van der Waals surface area (Å²) < 4.78 is 55.2. The number of nitrogens with two attached hydrogens (primary N) is 1. The molecule has 0 radical (unpaired) electrons. The predicted molar refractivity (Wildman–Crippen MR) is 75.2 cm³/mol. The number of sulfonamides is 1. The molecule has 122 valence electrons. The molecular weight excluding hydrogens is 336 g/mol. The lowest BCUT2D eigenvalue weighted by molar-refractivity contribution is 0.0407. The molecule has 1 fully saturated rings. The molecule has 2 unspecified atom stereocenters. The molecule has 0 spiro atoms. The third kappa shape index (κ3) is 3.74. The van der Waals surface area contributed by atoms with Gasteiger partial charge in [0.05, 0.1) is 6.26 Å². The van der Waals surface area contributed by atoms with Crippen LogP contribution >= 0.6 is 0 Å². The highest BCUT2D eigenvalue weighted by Gasteiger charge is 2.43. The topological polar surface area (TPSA) is 133 Å². The van der Waals surface area contributed by atoms with Crippen LogP contribution in [0.2, 0.25) is 0 Å². The maximum atomic E-state index is 11.7. The molecule has 0 saturated carbocycles. The first-order chi connectivity index (χ1) is 10.1. The number of benzene rings is 1. The van der Waals surface area contributed by atoms with Gasteiger partial charge in [-0.05, 0) is 5.56 Å². The lowest BCUT2D eigenvalue weighted by atomic mass is 10.1. The van der Waals surface area contributed by atoms with Crippen molar-refractivity contribution in [1.82, 2.24) is 4.41 Å². The number of amides is 1. The normalized spacial score (nSPS) is 23.9. The van der Waals surface area contributed by atoms with Crippen molar-refractivity contribution < 1.29 is 30.6 Å². The lowest BCUT2D eigenvalue weighted by Crippen LogP contribution is -2.44. The van der Waals surface area contributed by atoms with E-state index in [0.29, 0.717) is 11.8 Å². The van der Waals surface area contributed by atoms with E-state index in [9.17, 15) is 21.6 Å². The van der Waals surface area contributed by atoms with E-state index in [1.54, 1.807) is 30.3 Å². The van der Waals surface area contributed by atoms with E-state index in [1.165, 1.54) is 0 Å². The monoisotopic (exact) mass is 350 g/mol. The highest BCUT2D eigenvalue weighted by atomic mass is 32.2. The summed E-state index contributed by atoms with van der Waals surface area (Å²) >= 11 is 0. The minimum Gasteiger partial charge on any atom is -0.440 e. The zero-order chi connectivity index (χ0) is 16.5. The molecule has 1 aromatic carbocycles. The standard InChI is InChI=1S/C11H14N2O7S2/c1-21(15,16)13(12)11(14)19-9-7-22(17,18)20-10(9)8-5-3-2-4-6-8/h2-6,9-10H,7,12H2,1H3. The first-order valence-electron chi connectivity index (χ1n) is 6.02. The highest BCUT2D eigenvalue weighted by Crippen LogP contribution is 2.33. The zero-order valence-corrected chi connectivity index (χ0v) is 13.1. The van der Waals surface area contributed by atoms with Crippen molar-refractivity contribution in [3.8, 4) is 0 Å². The van der Waals surface area contributed by atoms with Crippen LogP contribution in [0.3, 0.4) is 0 Å². The molecule has 11 heteroatoms. The van der Waals surface area contributed by atoms with Gasteiger partial charge in [-0.1, -0.05) is 30.3 Å². The Hall–Kier alpha value is -1.69. The quantitative estimate of drug-likeness (QED) is 0.341. The van der Waals surface area contributed by atoms with Crippen LogP contribution in [0.1, 0.15) is 11.7 Å². The third-order valence-corrected chi connectivity index (χ3v) is 4.97. The van der Waals surface area contributed by atoms with Crippen LogP contribution in [0.5, 0.6) is 0 Å². The van der Waals surface area contributed by atoms with Gasteiger partial charge in [0.1, 0.15) is 11.9 Å². The minimum atomic E-state index is -4.01. The first kappa shape index (κ1) is 16.7. The largest absolute Gasteiger partial charge is 0.440 e. The summed E-state index contributed by atoms with van der Waals surface area (Å²) in [6.45, 7) is 0. The smallest absolute Gasteiger partial charge is 0.438 e. The van der Waals surface area contributed by atoms with Crippen molar-refractivity contribution in [2.75, 3.05) is 12.0 Å². The predicted octanol–water partition coefficient (Wildman–Crippen LogP) is -0.272. The van der Waals surface area contributed by atoms with Gasteiger partial charge < -0.3 is 4.74 Å². The molecule has 1 saturated heterocycles. The number of nitrogens with zero attached hydrogens (tertiary/aromatic N) is 1. The summed E-state index contributed by atoms with van der Waals surface area (Å²) in [5.74, 6) is 4.52. The Morgan fingerprint density at radius 3 is 2.50 bits per heavy atom. The maximum Gasteiger partial charge on any atom is 0.438 e. The lowest BCUT2D eigenvalue weighted by Gasteiger charge is -2.20. The Labute approximate surface area is 127 Å². The average molecular weight is 350 g/mol. The van der Waals surface area contributed by atoms with Gasteiger partial charge in [-0.15, -0.1) is 4.41 Å². The molecular formula is C11H14N2O7S2. The Morgan fingerprint density at radius 1 is 1.36 bits per heavy atom. The summed E-state index contributed by atoms with van der Waals surface area (Å²) in [5.41, 5.74) is 0.476. The highest BCUT2D eigenvalue weighted by molar-refractivity contribution is 7.88.